The maximum absolute atomic E-state index is 12.7. The number of amidine groups is 1. The molecule has 118 valence electrons. The SMILES string of the molecule is NC(CCCCN1CCn2c(nnc2C(F)(F)F)C1)=NO. The molecule has 0 saturated heterocycles. The van der Waals surface area contributed by atoms with Crippen molar-refractivity contribution in [3.05, 3.63) is 11.6 Å². The van der Waals surface area contributed by atoms with Crippen LogP contribution in [0, 0.1) is 0 Å². The molecule has 0 fully saturated rings. The van der Waals surface area contributed by atoms with Crippen molar-refractivity contribution in [3.8, 4) is 0 Å². The summed E-state index contributed by atoms with van der Waals surface area (Å²) in [5, 5.41) is 18.1. The predicted octanol–water partition coefficient (Wildman–Crippen LogP) is 1.03. The third-order valence-corrected chi connectivity index (χ3v) is 3.37. The van der Waals surface area contributed by atoms with Crippen LogP contribution in [0.3, 0.4) is 0 Å². The first-order chi connectivity index (χ1) is 9.91. The van der Waals surface area contributed by atoms with Crippen LogP contribution in [0.2, 0.25) is 0 Å². The Labute approximate surface area is 119 Å². The third-order valence-electron chi connectivity index (χ3n) is 3.37. The molecule has 3 N–H and O–H groups in total. The van der Waals surface area contributed by atoms with Crippen LogP contribution in [0.4, 0.5) is 13.2 Å². The number of rotatable bonds is 5. The molecule has 1 aromatic rings. The molecule has 2 rings (SSSR count). The summed E-state index contributed by atoms with van der Waals surface area (Å²) in [6.07, 6.45) is -2.39. The lowest BCUT2D eigenvalue weighted by molar-refractivity contribution is -0.148. The minimum absolute atomic E-state index is 0.184. The second-order valence-electron chi connectivity index (χ2n) is 4.91. The van der Waals surface area contributed by atoms with Gasteiger partial charge in [0.1, 0.15) is 11.7 Å². The zero-order valence-corrected chi connectivity index (χ0v) is 11.3. The number of nitrogens with zero attached hydrogens (tertiary/aromatic N) is 5. The molecule has 0 radical (unpaired) electrons. The summed E-state index contributed by atoms with van der Waals surface area (Å²) in [4.78, 5) is 2.02. The minimum Gasteiger partial charge on any atom is -0.409 e. The molecular weight excluding hydrogens is 289 g/mol. The normalized spacial score (nSPS) is 17.0. The Morgan fingerprint density at radius 3 is 2.71 bits per heavy atom. The molecule has 0 bridgehead atoms. The van der Waals surface area contributed by atoms with E-state index in [0.29, 0.717) is 25.3 Å². The van der Waals surface area contributed by atoms with E-state index in [1.807, 2.05) is 4.90 Å². The van der Waals surface area contributed by atoms with Crippen molar-refractivity contribution in [2.45, 2.75) is 38.5 Å². The summed E-state index contributed by atoms with van der Waals surface area (Å²) >= 11 is 0. The standard InChI is InChI=1S/C11H17F3N6O/c12-11(13,14)10-17-16-9-7-19(5-6-20(9)10)4-2-1-3-8(15)18-21/h21H,1-7H2,(H2,15,18). The number of unbranched alkanes of at least 4 members (excludes halogenated alkanes) is 1. The van der Waals surface area contributed by atoms with Gasteiger partial charge in [-0.1, -0.05) is 5.16 Å². The fourth-order valence-electron chi connectivity index (χ4n) is 2.30. The molecule has 21 heavy (non-hydrogen) atoms. The van der Waals surface area contributed by atoms with Gasteiger partial charge in [0, 0.05) is 19.5 Å². The number of halogens is 3. The van der Waals surface area contributed by atoms with Gasteiger partial charge in [0.15, 0.2) is 0 Å². The van der Waals surface area contributed by atoms with Gasteiger partial charge >= 0.3 is 6.18 Å². The molecule has 0 aromatic carbocycles. The van der Waals surface area contributed by atoms with Crippen molar-refractivity contribution in [2.75, 3.05) is 13.1 Å². The number of oxime groups is 1. The van der Waals surface area contributed by atoms with Gasteiger partial charge in [-0.25, -0.2) is 0 Å². The van der Waals surface area contributed by atoms with E-state index in [9.17, 15) is 13.2 Å². The lowest BCUT2D eigenvalue weighted by Crippen LogP contribution is -2.36. The van der Waals surface area contributed by atoms with E-state index in [1.165, 1.54) is 0 Å². The third kappa shape index (κ3) is 3.84. The van der Waals surface area contributed by atoms with E-state index in [1.54, 1.807) is 0 Å². The molecule has 0 unspecified atom stereocenters. The van der Waals surface area contributed by atoms with Gasteiger partial charge in [-0.05, 0) is 19.4 Å². The largest absolute Gasteiger partial charge is 0.451 e. The summed E-state index contributed by atoms with van der Waals surface area (Å²) in [7, 11) is 0. The second kappa shape index (κ2) is 6.29. The Bertz CT molecular complexity index is 513. The van der Waals surface area contributed by atoms with Crippen molar-refractivity contribution in [1.29, 1.82) is 0 Å². The van der Waals surface area contributed by atoms with Crippen molar-refractivity contribution in [2.24, 2.45) is 10.9 Å². The summed E-state index contributed by atoms with van der Waals surface area (Å²) in [6.45, 7) is 1.84. The average molecular weight is 306 g/mol. The smallest absolute Gasteiger partial charge is 0.409 e. The molecule has 1 aromatic heterocycles. The maximum Gasteiger partial charge on any atom is 0.451 e. The Hall–Kier alpha value is -1.84. The lowest BCUT2D eigenvalue weighted by Gasteiger charge is -2.27. The van der Waals surface area contributed by atoms with Gasteiger partial charge in [0.05, 0.1) is 6.54 Å². The van der Waals surface area contributed by atoms with Crippen LogP contribution in [0.5, 0.6) is 0 Å². The average Bonchev–Trinajstić information content (AvgIpc) is 2.86. The highest BCUT2D eigenvalue weighted by Crippen LogP contribution is 2.29. The monoisotopic (exact) mass is 306 g/mol. The minimum atomic E-state index is -4.46. The van der Waals surface area contributed by atoms with Crippen molar-refractivity contribution < 1.29 is 18.4 Å². The van der Waals surface area contributed by atoms with Gasteiger partial charge < -0.3 is 15.5 Å². The van der Waals surface area contributed by atoms with Crippen LogP contribution >= 0.6 is 0 Å². The van der Waals surface area contributed by atoms with Crippen LogP contribution in [0.15, 0.2) is 5.16 Å². The molecule has 0 spiro atoms. The van der Waals surface area contributed by atoms with Crippen LogP contribution in [-0.4, -0.2) is 43.8 Å². The molecule has 2 heterocycles. The van der Waals surface area contributed by atoms with E-state index < -0.39 is 12.0 Å². The van der Waals surface area contributed by atoms with E-state index in [2.05, 4.69) is 15.4 Å². The topological polar surface area (TPSA) is 92.6 Å². The van der Waals surface area contributed by atoms with Crippen LogP contribution in [-0.2, 0) is 19.3 Å². The quantitative estimate of drug-likeness (QED) is 0.279. The van der Waals surface area contributed by atoms with Gasteiger partial charge in [-0.15, -0.1) is 10.2 Å². The highest BCUT2D eigenvalue weighted by atomic mass is 19.4. The highest BCUT2D eigenvalue weighted by Gasteiger charge is 2.39. The van der Waals surface area contributed by atoms with E-state index in [-0.39, 0.29) is 12.4 Å². The molecule has 0 atom stereocenters. The Balaban J connectivity index is 1.85. The van der Waals surface area contributed by atoms with Crippen LogP contribution < -0.4 is 5.73 Å². The summed E-state index contributed by atoms with van der Waals surface area (Å²) in [6, 6.07) is 0. The number of aromatic nitrogens is 3. The molecule has 1 aliphatic heterocycles. The zero-order chi connectivity index (χ0) is 15.5. The maximum atomic E-state index is 12.7. The van der Waals surface area contributed by atoms with Gasteiger partial charge in [0.2, 0.25) is 5.82 Å². The van der Waals surface area contributed by atoms with E-state index >= 15 is 0 Å². The Morgan fingerprint density at radius 2 is 2.05 bits per heavy atom. The summed E-state index contributed by atoms with van der Waals surface area (Å²) in [5.41, 5.74) is 5.36. The molecule has 0 amide bonds. The van der Waals surface area contributed by atoms with Crippen LogP contribution in [0.1, 0.15) is 30.9 Å². The Kier molecular flexibility index (Phi) is 4.66. The summed E-state index contributed by atoms with van der Waals surface area (Å²) < 4.78 is 39.2. The molecule has 7 nitrogen and oxygen atoms in total. The number of nitrogens with two attached hydrogens (primary N) is 1. The number of fused-ring (bicyclic) bond motifs is 1. The fourth-order valence-corrected chi connectivity index (χ4v) is 2.30. The molecule has 1 aliphatic rings. The van der Waals surface area contributed by atoms with Crippen molar-refractivity contribution in [3.63, 3.8) is 0 Å². The molecular formula is C11H17F3N6O. The lowest BCUT2D eigenvalue weighted by atomic mass is 10.2. The highest BCUT2D eigenvalue weighted by molar-refractivity contribution is 5.79. The van der Waals surface area contributed by atoms with E-state index in [4.69, 9.17) is 10.9 Å². The van der Waals surface area contributed by atoms with E-state index in [0.717, 1.165) is 24.0 Å². The number of hydrogen-bond acceptors (Lipinski definition) is 5. The fraction of sp³-hybridized carbons (Fsp3) is 0.727. The Morgan fingerprint density at radius 1 is 1.29 bits per heavy atom. The van der Waals surface area contributed by atoms with Gasteiger partial charge in [-0.3, -0.25) is 4.90 Å². The molecule has 10 heteroatoms. The molecule has 0 aliphatic carbocycles. The number of hydrogen-bond donors (Lipinski definition) is 2. The first-order valence-corrected chi connectivity index (χ1v) is 6.60. The molecule has 0 saturated carbocycles. The van der Waals surface area contributed by atoms with Crippen molar-refractivity contribution >= 4 is 5.84 Å². The summed E-state index contributed by atoms with van der Waals surface area (Å²) in [5.74, 6) is -0.405. The first kappa shape index (κ1) is 15.5. The van der Waals surface area contributed by atoms with Crippen LogP contribution in [0.25, 0.3) is 0 Å². The second-order valence-corrected chi connectivity index (χ2v) is 4.91. The van der Waals surface area contributed by atoms with Crippen molar-refractivity contribution in [1.82, 2.24) is 19.7 Å². The predicted molar refractivity (Wildman–Crippen MR) is 67.6 cm³/mol. The van der Waals surface area contributed by atoms with Gasteiger partial charge in [-0.2, -0.15) is 13.2 Å². The number of alkyl halides is 3. The van der Waals surface area contributed by atoms with Gasteiger partial charge in [0.25, 0.3) is 0 Å². The first-order valence-electron chi connectivity index (χ1n) is 6.60. The zero-order valence-electron chi connectivity index (χ0n) is 11.3.